The van der Waals surface area contributed by atoms with Crippen molar-refractivity contribution in [1.29, 1.82) is 0 Å². The lowest BCUT2D eigenvalue weighted by molar-refractivity contribution is 0.340. The Morgan fingerprint density at radius 3 is 2.18 bits per heavy atom. The summed E-state index contributed by atoms with van der Waals surface area (Å²) in [5, 5.41) is 9.79. The topological polar surface area (TPSA) is 56.5 Å². The lowest BCUT2D eigenvalue weighted by atomic mass is 10.1. The van der Waals surface area contributed by atoms with Crippen molar-refractivity contribution in [2.24, 2.45) is 7.05 Å². The molecule has 0 bridgehead atoms. The van der Waals surface area contributed by atoms with Gasteiger partial charge in [-0.25, -0.2) is 4.98 Å². The first kappa shape index (κ1) is 11.3. The molecule has 0 atom stereocenters. The summed E-state index contributed by atoms with van der Waals surface area (Å²) >= 11 is 0. The maximum atomic E-state index is 9.79. The molecule has 0 radical (unpaired) electrons. The minimum absolute atomic E-state index is 0.00492. The molecule has 0 spiro atoms. The second-order valence-electron chi connectivity index (χ2n) is 3.65. The molecule has 90 valence electrons. The number of methoxy groups -OCH3 is 2. The van der Waals surface area contributed by atoms with E-state index in [2.05, 4.69) is 4.98 Å². The summed E-state index contributed by atoms with van der Waals surface area (Å²) in [5.41, 5.74) is 1.63. The fraction of sp³-hybridized carbons (Fsp3) is 0.250. The van der Waals surface area contributed by atoms with Gasteiger partial charge in [0, 0.05) is 18.8 Å². The van der Waals surface area contributed by atoms with Gasteiger partial charge in [-0.15, -0.1) is 0 Å². The Bertz CT molecular complexity index is 509. The normalized spacial score (nSPS) is 10.3. The molecule has 0 saturated heterocycles. The molecule has 0 aliphatic carbocycles. The number of hydrogen-bond donors (Lipinski definition) is 1. The first-order valence-electron chi connectivity index (χ1n) is 5.09. The average molecular weight is 234 g/mol. The van der Waals surface area contributed by atoms with Crippen LogP contribution in [0.5, 0.6) is 17.2 Å². The van der Waals surface area contributed by atoms with Crippen molar-refractivity contribution in [3.8, 4) is 28.5 Å². The molecule has 17 heavy (non-hydrogen) atoms. The zero-order valence-electron chi connectivity index (χ0n) is 9.97. The molecule has 2 rings (SSSR count). The summed E-state index contributed by atoms with van der Waals surface area (Å²) in [6.07, 6.45) is 3.59. The number of aromatic nitrogens is 2. The Balaban J connectivity index is 2.55. The summed E-state index contributed by atoms with van der Waals surface area (Å²) < 4.78 is 12.0. The Morgan fingerprint density at radius 2 is 1.76 bits per heavy atom. The van der Waals surface area contributed by atoms with Crippen LogP contribution in [0.3, 0.4) is 0 Å². The predicted octanol–water partition coefficient (Wildman–Crippen LogP) is 1.81. The second-order valence-corrected chi connectivity index (χ2v) is 3.65. The van der Waals surface area contributed by atoms with Gasteiger partial charge in [0.15, 0.2) is 11.5 Å². The molecule has 1 heterocycles. The SMILES string of the molecule is COc1cc(-c2cn(C)cn2)cc(OC)c1O. The van der Waals surface area contributed by atoms with Gasteiger partial charge in [-0.05, 0) is 12.1 Å². The van der Waals surface area contributed by atoms with Crippen molar-refractivity contribution >= 4 is 0 Å². The Morgan fingerprint density at radius 1 is 1.18 bits per heavy atom. The van der Waals surface area contributed by atoms with E-state index in [1.165, 1.54) is 14.2 Å². The lowest BCUT2D eigenvalue weighted by Gasteiger charge is -2.10. The Hall–Kier alpha value is -2.17. The largest absolute Gasteiger partial charge is 0.502 e. The molecule has 0 fully saturated rings. The standard InChI is InChI=1S/C12H14N2O3/c1-14-6-9(13-7-14)8-4-10(16-2)12(15)11(5-8)17-3/h4-7,15H,1-3H3. The highest BCUT2D eigenvalue weighted by Gasteiger charge is 2.13. The highest BCUT2D eigenvalue weighted by molar-refractivity contribution is 5.67. The second kappa shape index (κ2) is 4.37. The zero-order chi connectivity index (χ0) is 12.4. The molecule has 0 aliphatic rings. The molecular weight excluding hydrogens is 220 g/mol. The van der Waals surface area contributed by atoms with Crippen LogP contribution in [0.15, 0.2) is 24.7 Å². The van der Waals surface area contributed by atoms with E-state index >= 15 is 0 Å². The molecule has 1 aromatic carbocycles. The summed E-state index contributed by atoms with van der Waals surface area (Å²) in [6, 6.07) is 3.44. The Kier molecular flexibility index (Phi) is 2.91. The van der Waals surface area contributed by atoms with Gasteiger partial charge < -0.3 is 19.1 Å². The molecule has 0 aliphatic heterocycles. The van der Waals surface area contributed by atoms with Gasteiger partial charge in [0.1, 0.15) is 0 Å². The summed E-state index contributed by atoms with van der Waals surface area (Å²) in [6.45, 7) is 0. The van der Waals surface area contributed by atoms with Crippen LogP contribution in [0, 0.1) is 0 Å². The van der Waals surface area contributed by atoms with Crippen molar-refractivity contribution in [2.45, 2.75) is 0 Å². The van der Waals surface area contributed by atoms with Crippen molar-refractivity contribution in [3.63, 3.8) is 0 Å². The maximum Gasteiger partial charge on any atom is 0.200 e. The Labute approximate surface area is 99.2 Å². The van der Waals surface area contributed by atoms with E-state index in [1.54, 1.807) is 18.5 Å². The van der Waals surface area contributed by atoms with Crippen molar-refractivity contribution < 1.29 is 14.6 Å². The van der Waals surface area contributed by atoms with Crippen LogP contribution in [0.25, 0.3) is 11.3 Å². The number of phenolic OH excluding ortho intramolecular Hbond substituents is 1. The maximum absolute atomic E-state index is 9.79. The van der Waals surface area contributed by atoms with Crippen LogP contribution in [0.1, 0.15) is 0 Å². The highest BCUT2D eigenvalue weighted by Crippen LogP contribution is 2.39. The molecule has 1 N–H and O–H groups in total. The number of hydrogen-bond acceptors (Lipinski definition) is 4. The first-order valence-corrected chi connectivity index (χ1v) is 5.09. The van der Waals surface area contributed by atoms with Crippen LogP contribution < -0.4 is 9.47 Å². The van der Waals surface area contributed by atoms with Crippen LogP contribution in [0.4, 0.5) is 0 Å². The average Bonchev–Trinajstić information content (AvgIpc) is 2.76. The number of rotatable bonds is 3. The van der Waals surface area contributed by atoms with E-state index in [9.17, 15) is 5.11 Å². The third-order valence-corrected chi connectivity index (χ3v) is 2.48. The van der Waals surface area contributed by atoms with Crippen LogP contribution in [0.2, 0.25) is 0 Å². The minimum Gasteiger partial charge on any atom is -0.502 e. The van der Waals surface area contributed by atoms with Crippen molar-refractivity contribution in [2.75, 3.05) is 14.2 Å². The highest BCUT2D eigenvalue weighted by atomic mass is 16.5. The molecule has 1 aromatic heterocycles. The number of benzene rings is 1. The van der Waals surface area contributed by atoms with Gasteiger partial charge in [0.05, 0.1) is 26.2 Å². The third kappa shape index (κ3) is 2.04. The first-order chi connectivity index (χ1) is 8.15. The van der Waals surface area contributed by atoms with Crippen molar-refractivity contribution in [3.05, 3.63) is 24.7 Å². The van der Waals surface area contributed by atoms with Gasteiger partial charge in [0.25, 0.3) is 0 Å². The molecule has 5 nitrogen and oxygen atoms in total. The number of nitrogens with zero attached hydrogens (tertiary/aromatic N) is 2. The van der Waals surface area contributed by atoms with E-state index in [1.807, 2.05) is 17.8 Å². The number of aryl methyl sites for hydroxylation is 1. The number of aromatic hydroxyl groups is 1. The van der Waals surface area contributed by atoms with Crippen LogP contribution in [-0.4, -0.2) is 28.9 Å². The molecule has 0 saturated carbocycles. The summed E-state index contributed by atoms with van der Waals surface area (Å²) in [7, 11) is 4.89. The van der Waals surface area contributed by atoms with Gasteiger partial charge >= 0.3 is 0 Å². The number of ether oxygens (including phenoxy) is 2. The summed E-state index contributed by atoms with van der Waals surface area (Å²) in [4.78, 5) is 4.24. The summed E-state index contributed by atoms with van der Waals surface area (Å²) in [5.74, 6) is 0.727. The molecular formula is C12H14N2O3. The van der Waals surface area contributed by atoms with Gasteiger partial charge in [-0.3, -0.25) is 0 Å². The van der Waals surface area contributed by atoms with E-state index in [0.717, 1.165) is 11.3 Å². The van der Waals surface area contributed by atoms with E-state index in [0.29, 0.717) is 11.5 Å². The number of phenols is 1. The molecule has 0 unspecified atom stereocenters. The smallest absolute Gasteiger partial charge is 0.200 e. The van der Waals surface area contributed by atoms with Crippen LogP contribution in [-0.2, 0) is 7.05 Å². The fourth-order valence-corrected chi connectivity index (χ4v) is 1.60. The quantitative estimate of drug-likeness (QED) is 0.880. The van der Waals surface area contributed by atoms with E-state index in [4.69, 9.17) is 9.47 Å². The zero-order valence-corrected chi connectivity index (χ0v) is 9.97. The molecule has 5 heteroatoms. The van der Waals surface area contributed by atoms with Crippen LogP contribution >= 0.6 is 0 Å². The van der Waals surface area contributed by atoms with Crippen molar-refractivity contribution in [1.82, 2.24) is 9.55 Å². The van der Waals surface area contributed by atoms with Gasteiger partial charge in [0.2, 0.25) is 5.75 Å². The van der Waals surface area contributed by atoms with Gasteiger partial charge in [-0.1, -0.05) is 0 Å². The molecule has 2 aromatic rings. The van der Waals surface area contributed by atoms with E-state index < -0.39 is 0 Å². The predicted molar refractivity (Wildman–Crippen MR) is 63.4 cm³/mol. The van der Waals surface area contributed by atoms with E-state index in [-0.39, 0.29) is 5.75 Å². The fourth-order valence-electron chi connectivity index (χ4n) is 1.60. The number of imidazole rings is 1. The minimum atomic E-state index is -0.00492. The molecule has 0 amide bonds. The third-order valence-electron chi connectivity index (χ3n) is 2.48. The lowest BCUT2D eigenvalue weighted by Crippen LogP contribution is -1.90. The monoisotopic (exact) mass is 234 g/mol. The van der Waals surface area contributed by atoms with Gasteiger partial charge in [-0.2, -0.15) is 0 Å².